The summed E-state index contributed by atoms with van der Waals surface area (Å²) in [6, 6.07) is 6.82. The Morgan fingerprint density at radius 2 is 2.38 bits per heavy atom. The second kappa shape index (κ2) is 3.91. The normalized spacial score (nSPS) is 17.8. The maximum Gasteiger partial charge on any atom is 0.0706 e. The van der Waals surface area contributed by atoms with Crippen molar-refractivity contribution >= 4 is 5.52 Å². The van der Waals surface area contributed by atoms with Crippen LogP contribution in [0.4, 0.5) is 0 Å². The van der Waals surface area contributed by atoms with E-state index in [1.807, 2.05) is 23.0 Å². The van der Waals surface area contributed by atoms with Crippen molar-refractivity contribution in [2.45, 2.75) is 32.4 Å². The van der Waals surface area contributed by atoms with Crippen LogP contribution < -0.4 is 5.32 Å². The number of aromatic nitrogens is 2. The molecule has 0 amide bonds. The van der Waals surface area contributed by atoms with Crippen molar-refractivity contribution in [1.82, 2.24) is 14.9 Å². The molecular weight excluding hydrogens is 198 g/mol. The quantitative estimate of drug-likeness (QED) is 0.847. The van der Waals surface area contributed by atoms with Crippen LogP contribution in [0.3, 0.4) is 0 Å². The lowest BCUT2D eigenvalue weighted by molar-refractivity contribution is 0.497. The minimum atomic E-state index is 0.638. The molecule has 1 N–H and O–H groups in total. The number of rotatable bonds is 4. The standard InChI is InChI=1S/C13H17N3/c1-10(11-5-6-11)14-8-12-9-15-16-7-3-2-4-13(12)16/h2-4,7,9-11,14H,5-6,8H2,1H3. The molecule has 2 aromatic rings. The average molecular weight is 215 g/mol. The maximum atomic E-state index is 4.33. The molecule has 0 aromatic carbocycles. The molecule has 1 aliphatic carbocycles. The Morgan fingerprint density at radius 1 is 1.50 bits per heavy atom. The molecule has 3 nitrogen and oxygen atoms in total. The van der Waals surface area contributed by atoms with Crippen molar-refractivity contribution < 1.29 is 0 Å². The van der Waals surface area contributed by atoms with Crippen LogP contribution >= 0.6 is 0 Å². The number of nitrogens with one attached hydrogen (secondary N) is 1. The molecule has 1 atom stereocenters. The molecule has 84 valence electrons. The first kappa shape index (κ1) is 9.85. The lowest BCUT2D eigenvalue weighted by Crippen LogP contribution is -2.27. The van der Waals surface area contributed by atoms with Crippen molar-refractivity contribution in [3.05, 3.63) is 36.2 Å². The molecule has 0 spiro atoms. The first-order chi connectivity index (χ1) is 7.84. The third-order valence-electron chi connectivity index (χ3n) is 3.45. The molecule has 1 saturated carbocycles. The van der Waals surface area contributed by atoms with Gasteiger partial charge in [0.05, 0.1) is 11.7 Å². The minimum Gasteiger partial charge on any atom is -0.310 e. The molecule has 16 heavy (non-hydrogen) atoms. The maximum absolute atomic E-state index is 4.33. The number of pyridine rings is 1. The van der Waals surface area contributed by atoms with E-state index in [0.29, 0.717) is 6.04 Å². The summed E-state index contributed by atoms with van der Waals surface area (Å²) >= 11 is 0. The van der Waals surface area contributed by atoms with Gasteiger partial charge in [-0.2, -0.15) is 5.10 Å². The van der Waals surface area contributed by atoms with Crippen LogP contribution in [0.2, 0.25) is 0 Å². The van der Waals surface area contributed by atoms with Gasteiger partial charge in [-0.1, -0.05) is 6.07 Å². The Labute approximate surface area is 95.5 Å². The molecule has 0 aliphatic heterocycles. The van der Waals surface area contributed by atoms with Crippen LogP contribution in [0.15, 0.2) is 30.6 Å². The SMILES string of the molecule is CC(NCc1cnn2ccccc12)C1CC1. The summed E-state index contributed by atoms with van der Waals surface area (Å²) in [6.45, 7) is 3.20. The molecule has 3 heteroatoms. The van der Waals surface area contributed by atoms with Gasteiger partial charge in [0, 0.05) is 24.3 Å². The molecule has 2 heterocycles. The summed E-state index contributed by atoms with van der Waals surface area (Å²) in [7, 11) is 0. The highest BCUT2D eigenvalue weighted by atomic mass is 15.2. The van der Waals surface area contributed by atoms with Gasteiger partial charge in [-0.05, 0) is 37.8 Å². The second-order valence-corrected chi connectivity index (χ2v) is 4.71. The highest BCUT2D eigenvalue weighted by molar-refractivity contribution is 5.53. The molecule has 0 radical (unpaired) electrons. The Kier molecular flexibility index (Phi) is 2.40. The lowest BCUT2D eigenvalue weighted by atomic mass is 10.2. The van der Waals surface area contributed by atoms with E-state index in [2.05, 4.69) is 29.5 Å². The van der Waals surface area contributed by atoms with Crippen LogP contribution in [0.25, 0.3) is 5.52 Å². The second-order valence-electron chi connectivity index (χ2n) is 4.71. The van der Waals surface area contributed by atoms with E-state index in [-0.39, 0.29) is 0 Å². The minimum absolute atomic E-state index is 0.638. The van der Waals surface area contributed by atoms with Gasteiger partial charge in [0.2, 0.25) is 0 Å². The molecule has 0 bridgehead atoms. The van der Waals surface area contributed by atoms with Gasteiger partial charge in [-0.25, -0.2) is 4.52 Å². The largest absolute Gasteiger partial charge is 0.310 e. The third-order valence-corrected chi connectivity index (χ3v) is 3.45. The van der Waals surface area contributed by atoms with Gasteiger partial charge >= 0.3 is 0 Å². The summed E-state index contributed by atoms with van der Waals surface area (Å²) in [4.78, 5) is 0. The van der Waals surface area contributed by atoms with E-state index >= 15 is 0 Å². The summed E-state index contributed by atoms with van der Waals surface area (Å²) in [6.07, 6.45) is 6.73. The monoisotopic (exact) mass is 215 g/mol. The molecule has 1 aliphatic rings. The van der Waals surface area contributed by atoms with Gasteiger partial charge in [0.15, 0.2) is 0 Å². The predicted octanol–water partition coefficient (Wildman–Crippen LogP) is 2.22. The van der Waals surface area contributed by atoms with Crippen LogP contribution in [-0.4, -0.2) is 15.7 Å². The van der Waals surface area contributed by atoms with Gasteiger partial charge in [-0.3, -0.25) is 0 Å². The first-order valence-electron chi connectivity index (χ1n) is 5.99. The van der Waals surface area contributed by atoms with Crippen molar-refractivity contribution in [3.63, 3.8) is 0 Å². The summed E-state index contributed by atoms with van der Waals surface area (Å²) < 4.78 is 1.93. The first-order valence-corrected chi connectivity index (χ1v) is 5.99. The molecule has 1 fully saturated rings. The average Bonchev–Trinajstić information content (AvgIpc) is 3.08. The molecule has 2 aromatic heterocycles. The highest BCUT2D eigenvalue weighted by Crippen LogP contribution is 2.32. The van der Waals surface area contributed by atoms with E-state index in [9.17, 15) is 0 Å². The van der Waals surface area contributed by atoms with E-state index in [1.54, 1.807) is 0 Å². The zero-order chi connectivity index (χ0) is 11.0. The van der Waals surface area contributed by atoms with Crippen molar-refractivity contribution in [2.75, 3.05) is 0 Å². The third kappa shape index (κ3) is 1.83. The van der Waals surface area contributed by atoms with Crippen molar-refractivity contribution in [3.8, 4) is 0 Å². The fourth-order valence-electron chi connectivity index (χ4n) is 2.16. The zero-order valence-electron chi connectivity index (χ0n) is 9.56. The smallest absolute Gasteiger partial charge is 0.0706 e. The Morgan fingerprint density at radius 3 is 3.19 bits per heavy atom. The predicted molar refractivity (Wildman–Crippen MR) is 64.2 cm³/mol. The van der Waals surface area contributed by atoms with Crippen LogP contribution in [0, 0.1) is 5.92 Å². The van der Waals surface area contributed by atoms with E-state index in [0.717, 1.165) is 12.5 Å². The molecule has 3 rings (SSSR count). The Hall–Kier alpha value is -1.35. The summed E-state index contributed by atoms with van der Waals surface area (Å²) in [5.74, 6) is 0.904. The summed E-state index contributed by atoms with van der Waals surface area (Å²) in [5.41, 5.74) is 2.49. The van der Waals surface area contributed by atoms with E-state index in [1.165, 1.54) is 23.9 Å². The molecule has 0 saturated heterocycles. The Bertz CT molecular complexity index is 485. The highest BCUT2D eigenvalue weighted by Gasteiger charge is 2.27. The van der Waals surface area contributed by atoms with Gasteiger partial charge in [0.25, 0.3) is 0 Å². The zero-order valence-corrected chi connectivity index (χ0v) is 9.56. The number of hydrogen-bond donors (Lipinski definition) is 1. The van der Waals surface area contributed by atoms with E-state index in [4.69, 9.17) is 0 Å². The number of nitrogens with zero attached hydrogens (tertiary/aromatic N) is 2. The van der Waals surface area contributed by atoms with Gasteiger partial charge < -0.3 is 5.32 Å². The summed E-state index contributed by atoms with van der Waals surface area (Å²) in [5, 5.41) is 7.92. The lowest BCUT2D eigenvalue weighted by Gasteiger charge is -2.11. The van der Waals surface area contributed by atoms with Crippen molar-refractivity contribution in [1.29, 1.82) is 0 Å². The fraction of sp³-hybridized carbons (Fsp3) is 0.462. The van der Waals surface area contributed by atoms with E-state index < -0.39 is 0 Å². The number of fused-ring (bicyclic) bond motifs is 1. The van der Waals surface area contributed by atoms with Crippen LogP contribution in [-0.2, 0) is 6.54 Å². The fourth-order valence-corrected chi connectivity index (χ4v) is 2.16. The topological polar surface area (TPSA) is 29.3 Å². The number of hydrogen-bond acceptors (Lipinski definition) is 2. The Balaban J connectivity index is 1.73. The van der Waals surface area contributed by atoms with Crippen LogP contribution in [0.5, 0.6) is 0 Å². The van der Waals surface area contributed by atoms with Gasteiger partial charge in [-0.15, -0.1) is 0 Å². The molecular formula is C13H17N3. The van der Waals surface area contributed by atoms with Gasteiger partial charge in [0.1, 0.15) is 0 Å². The van der Waals surface area contributed by atoms with Crippen LogP contribution in [0.1, 0.15) is 25.3 Å². The van der Waals surface area contributed by atoms with Crippen molar-refractivity contribution in [2.24, 2.45) is 5.92 Å². The molecule has 1 unspecified atom stereocenters.